The Kier molecular flexibility index (Phi) is 3.51. The van der Waals surface area contributed by atoms with Crippen LogP contribution in [-0.2, 0) is 24.8 Å². The fourth-order valence-corrected chi connectivity index (χ4v) is 3.55. The number of aryl methyl sites for hydroxylation is 3. The fourth-order valence-electron chi connectivity index (χ4n) is 3.35. The van der Waals surface area contributed by atoms with Gasteiger partial charge in [-0.3, -0.25) is 4.68 Å². The second-order valence-corrected chi connectivity index (χ2v) is 6.07. The van der Waals surface area contributed by atoms with Gasteiger partial charge in [0, 0.05) is 13.0 Å². The molecule has 0 radical (unpaired) electrons. The van der Waals surface area contributed by atoms with Gasteiger partial charge in [-0.2, -0.15) is 10.4 Å². The minimum Gasteiger partial charge on any atom is -0.268 e. The van der Waals surface area contributed by atoms with Crippen molar-refractivity contribution < 1.29 is 0 Å². The summed E-state index contributed by atoms with van der Waals surface area (Å²) < 4.78 is 1.93. The molecule has 1 aromatic heterocycles. The van der Waals surface area contributed by atoms with Gasteiger partial charge >= 0.3 is 0 Å². The number of benzene rings is 1. The van der Waals surface area contributed by atoms with Crippen molar-refractivity contribution in [2.45, 2.75) is 45.1 Å². The largest absolute Gasteiger partial charge is 0.268 e. The van der Waals surface area contributed by atoms with E-state index in [1.807, 2.05) is 30.7 Å². The van der Waals surface area contributed by atoms with E-state index in [0.717, 1.165) is 36.3 Å². The predicted octanol–water partition coefficient (Wildman–Crippen LogP) is 3.82. The summed E-state index contributed by atoms with van der Waals surface area (Å²) in [5, 5.41) is 15.0. The molecular formula is C17H18ClN3. The van der Waals surface area contributed by atoms with Crippen molar-refractivity contribution in [1.29, 1.82) is 5.26 Å². The molecule has 1 aromatic carbocycles. The molecule has 1 unspecified atom stereocenters. The first-order valence-corrected chi connectivity index (χ1v) is 7.70. The van der Waals surface area contributed by atoms with E-state index in [4.69, 9.17) is 11.6 Å². The van der Waals surface area contributed by atoms with Crippen LogP contribution in [0.2, 0.25) is 5.02 Å². The third-order valence-electron chi connectivity index (χ3n) is 4.49. The molecular weight excluding hydrogens is 282 g/mol. The maximum Gasteiger partial charge on any atom is 0.0883 e. The first kappa shape index (κ1) is 14.2. The Labute approximate surface area is 130 Å². The number of halogens is 1. The molecule has 1 aliphatic rings. The molecule has 108 valence electrons. The maximum atomic E-state index is 9.86. The fraction of sp³-hybridized carbons (Fsp3) is 0.412. The molecule has 1 heterocycles. The van der Waals surface area contributed by atoms with Crippen molar-refractivity contribution in [3.63, 3.8) is 0 Å². The lowest BCUT2D eigenvalue weighted by atomic mass is 9.79. The van der Waals surface area contributed by atoms with Gasteiger partial charge in [0.15, 0.2) is 0 Å². The first-order chi connectivity index (χ1) is 10.1. The van der Waals surface area contributed by atoms with Crippen molar-refractivity contribution in [3.05, 3.63) is 51.8 Å². The lowest BCUT2D eigenvalue weighted by molar-refractivity contribution is 0.504. The van der Waals surface area contributed by atoms with Gasteiger partial charge in [0.05, 0.1) is 27.9 Å². The van der Waals surface area contributed by atoms with Gasteiger partial charge in [-0.25, -0.2) is 0 Å². The Balaban J connectivity index is 2.07. The molecule has 1 aliphatic carbocycles. The number of hydrogen-bond donors (Lipinski definition) is 0. The van der Waals surface area contributed by atoms with E-state index in [1.54, 1.807) is 0 Å². The predicted molar refractivity (Wildman–Crippen MR) is 83.4 cm³/mol. The van der Waals surface area contributed by atoms with Crippen molar-refractivity contribution in [2.24, 2.45) is 0 Å². The van der Waals surface area contributed by atoms with E-state index in [-0.39, 0.29) is 0 Å². The number of aromatic nitrogens is 2. The lowest BCUT2D eigenvalue weighted by Gasteiger charge is -2.23. The molecule has 4 heteroatoms. The highest BCUT2D eigenvalue weighted by Crippen LogP contribution is 2.42. The molecule has 0 bridgehead atoms. The van der Waals surface area contributed by atoms with E-state index in [9.17, 15) is 5.26 Å². The highest BCUT2D eigenvalue weighted by molar-refractivity contribution is 6.31. The highest BCUT2D eigenvalue weighted by atomic mass is 35.5. The van der Waals surface area contributed by atoms with Gasteiger partial charge in [0.1, 0.15) is 0 Å². The molecule has 21 heavy (non-hydrogen) atoms. The van der Waals surface area contributed by atoms with Crippen molar-refractivity contribution >= 4 is 11.6 Å². The van der Waals surface area contributed by atoms with Gasteiger partial charge in [-0.05, 0) is 37.8 Å². The van der Waals surface area contributed by atoms with Crippen molar-refractivity contribution in [3.8, 4) is 6.07 Å². The van der Waals surface area contributed by atoms with Crippen LogP contribution in [-0.4, -0.2) is 9.78 Å². The van der Waals surface area contributed by atoms with Crippen LogP contribution in [0.1, 0.15) is 35.9 Å². The van der Waals surface area contributed by atoms with Gasteiger partial charge in [0.2, 0.25) is 0 Å². The average Bonchev–Trinajstić information content (AvgIpc) is 3.01. The number of fused-ring (bicyclic) bond motifs is 1. The van der Waals surface area contributed by atoms with E-state index in [0.29, 0.717) is 11.4 Å². The van der Waals surface area contributed by atoms with E-state index in [2.05, 4.69) is 23.3 Å². The number of nitriles is 1. The Morgan fingerprint density at radius 2 is 2.19 bits per heavy atom. The van der Waals surface area contributed by atoms with E-state index >= 15 is 0 Å². The molecule has 3 rings (SSSR count). The van der Waals surface area contributed by atoms with Crippen LogP contribution in [0.3, 0.4) is 0 Å². The van der Waals surface area contributed by atoms with E-state index in [1.165, 1.54) is 5.56 Å². The molecule has 1 atom stereocenters. The topological polar surface area (TPSA) is 41.6 Å². The zero-order valence-corrected chi connectivity index (χ0v) is 13.1. The van der Waals surface area contributed by atoms with Crippen molar-refractivity contribution in [1.82, 2.24) is 9.78 Å². The summed E-state index contributed by atoms with van der Waals surface area (Å²) in [6.07, 6.45) is 2.45. The monoisotopic (exact) mass is 299 g/mol. The SMILES string of the molecule is CCn1nc(C)c(Cl)c1CC1(C#N)CCc2ccccc21. The van der Waals surface area contributed by atoms with Crippen LogP contribution in [0.15, 0.2) is 24.3 Å². The molecule has 0 spiro atoms. The van der Waals surface area contributed by atoms with Crippen LogP contribution in [0.25, 0.3) is 0 Å². The summed E-state index contributed by atoms with van der Waals surface area (Å²) in [4.78, 5) is 0. The first-order valence-electron chi connectivity index (χ1n) is 7.32. The summed E-state index contributed by atoms with van der Waals surface area (Å²) in [5.74, 6) is 0. The Morgan fingerprint density at radius 3 is 2.90 bits per heavy atom. The summed E-state index contributed by atoms with van der Waals surface area (Å²) in [6, 6.07) is 10.8. The smallest absolute Gasteiger partial charge is 0.0883 e. The van der Waals surface area contributed by atoms with Crippen LogP contribution >= 0.6 is 11.6 Å². The minimum atomic E-state index is -0.473. The summed E-state index contributed by atoms with van der Waals surface area (Å²) in [5.41, 5.74) is 3.79. The number of hydrogen-bond acceptors (Lipinski definition) is 2. The summed E-state index contributed by atoms with van der Waals surface area (Å²) in [6.45, 7) is 4.74. The van der Waals surface area contributed by atoms with E-state index < -0.39 is 5.41 Å². The number of rotatable bonds is 3. The zero-order chi connectivity index (χ0) is 15.0. The van der Waals surface area contributed by atoms with Crippen LogP contribution in [0.5, 0.6) is 0 Å². The number of nitrogens with zero attached hydrogens (tertiary/aromatic N) is 3. The molecule has 0 saturated carbocycles. The second kappa shape index (κ2) is 5.20. The van der Waals surface area contributed by atoms with Crippen LogP contribution in [0, 0.1) is 18.3 Å². The van der Waals surface area contributed by atoms with Crippen LogP contribution in [0.4, 0.5) is 0 Å². The molecule has 0 N–H and O–H groups in total. The van der Waals surface area contributed by atoms with Gasteiger partial charge < -0.3 is 0 Å². The Bertz CT molecular complexity index is 726. The normalized spacial score (nSPS) is 20.3. The van der Waals surface area contributed by atoms with Gasteiger partial charge in [-0.1, -0.05) is 35.9 Å². The molecule has 3 nitrogen and oxygen atoms in total. The molecule has 0 aliphatic heterocycles. The average molecular weight is 300 g/mol. The molecule has 2 aromatic rings. The highest BCUT2D eigenvalue weighted by Gasteiger charge is 2.40. The summed E-state index contributed by atoms with van der Waals surface area (Å²) in [7, 11) is 0. The van der Waals surface area contributed by atoms with Crippen molar-refractivity contribution in [2.75, 3.05) is 0 Å². The quantitative estimate of drug-likeness (QED) is 0.864. The zero-order valence-electron chi connectivity index (χ0n) is 12.4. The third kappa shape index (κ3) is 2.15. The Hall–Kier alpha value is -1.79. The second-order valence-electron chi connectivity index (χ2n) is 5.69. The van der Waals surface area contributed by atoms with Crippen LogP contribution < -0.4 is 0 Å². The maximum absolute atomic E-state index is 9.86. The van der Waals surface area contributed by atoms with Gasteiger partial charge in [0.25, 0.3) is 0 Å². The lowest BCUT2D eigenvalue weighted by Crippen LogP contribution is -2.25. The molecule has 0 fully saturated rings. The van der Waals surface area contributed by atoms with Gasteiger partial charge in [-0.15, -0.1) is 0 Å². The Morgan fingerprint density at radius 1 is 1.43 bits per heavy atom. The third-order valence-corrected chi connectivity index (χ3v) is 4.98. The standard InChI is InChI=1S/C17H18ClN3/c1-3-21-15(16(18)12(2)20-21)10-17(11-19)9-8-13-6-4-5-7-14(13)17/h4-7H,3,8-10H2,1-2H3. The molecule has 0 saturated heterocycles. The minimum absolute atomic E-state index is 0.473. The summed E-state index contributed by atoms with van der Waals surface area (Å²) >= 11 is 6.42. The molecule has 0 amide bonds.